The first-order valence-electron chi connectivity index (χ1n) is 5.36. The van der Waals surface area contributed by atoms with Crippen LogP contribution in [0.15, 0.2) is 0 Å². The molecule has 0 aliphatic rings. The first-order chi connectivity index (χ1) is 7.04. The fourth-order valence-corrected chi connectivity index (χ4v) is 0.431. The fourth-order valence-electron chi connectivity index (χ4n) is 0.431. The van der Waals surface area contributed by atoms with Crippen LogP contribution in [-0.4, -0.2) is 23.1 Å². The number of carboxylic acid groups (broad SMARTS) is 1. The van der Waals surface area contributed by atoms with Gasteiger partial charge in [0, 0.05) is 0 Å². The van der Waals surface area contributed by atoms with E-state index in [1.54, 1.807) is 0 Å². The van der Waals surface area contributed by atoms with E-state index in [-0.39, 0.29) is 70.0 Å². The fraction of sp³-hybridized carbons (Fsp3) is 0.895. The van der Waals surface area contributed by atoms with E-state index in [4.69, 9.17) is 14.6 Å². The third-order valence-corrected chi connectivity index (χ3v) is 1.01. The molecule has 0 saturated carbocycles. The van der Waals surface area contributed by atoms with Gasteiger partial charge in [-0.05, 0) is 41.5 Å². The molecule has 0 heterocycles. The Kier molecular flexibility index (Phi) is 96.1. The Hall–Kier alpha value is -1.06. The quantitative estimate of drug-likeness (QED) is 0.363. The molecular weight excluding hydrogens is 292 g/mol. The lowest BCUT2D eigenvalue weighted by molar-refractivity contribution is -0.164. The molecule has 0 aliphatic heterocycles. The zero-order valence-corrected chi connectivity index (χ0v) is 11.7. The average Bonchev–Trinajstić information content (AvgIpc) is 2.04. The van der Waals surface area contributed by atoms with Gasteiger partial charge in [-0.3, -0.25) is 9.59 Å². The number of hydrogen-bond acceptors (Lipinski definition) is 3. The van der Waals surface area contributed by atoms with Crippen LogP contribution < -0.4 is 0 Å². The van der Waals surface area contributed by atoms with Gasteiger partial charge in [0.15, 0.2) is 0 Å². The molecular formula is C19H54O4. The normalized spacial score (nSPS) is 6.96. The summed E-state index contributed by atoms with van der Waals surface area (Å²) in [5.41, 5.74) is -0.766. The summed E-state index contributed by atoms with van der Waals surface area (Å²) in [5, 5.41) is 6.89. The van der Waals surface area contributed by atoms with Crippen LogP contribution in [0.25, 0.3) is 0 Å². The summed E-state index contributed by atoms with van der Waals surface area (Å²) in [6, 6.07) is 0. The molecule has 0 aromatic carbocycles. The van der Waals surface area contributed by atoms with Gasteiger partial charge in [0.05, 0.1) is 5.41 Å². The van der Waals surface area contributed by atoms with Gasteiger partial charge in [0.1, 0.15) is 5.60 Å². The van der Waals surface area contributed by atoms with Gasteiger partial charge in [-0.2, -0.15) is 0 Å². The number of carbonyl (C=O) groups is 2. The third kappa shape index (κ3) is 76.0. The second-order valence-corrected chi connectivity index (χ2v) is 4.86. The van der Waals surface area contributed by atoms with E-state index in [2.05, 4.69) is 0 Å². The number of ether oxygens (including phenoxy) is 1. The second-order valence-electron chi connectivity index (χ2n) is 4.86. The van der Waals surface area contributed by atoms with Crippen molar-refractivity contribution < 1.29 is 19.4 Å². The van der Waals surface area contributed by atoms with Crippen molar-refractivity contribution in [1.29, 1.82) is 0 Å². The maximum absolute atomic E-state index is 11.3. The van der Waals surface area contributed by atoms with Gasteiger partial charge >= 0.3 is 5.97 Å². The van der Waals surface area contributed by atoms with E-state index in [9.17, 15) is 4.79 Å². The maximum Gasteiger partial charge on any atom is 0.311 e. The Balaban J connectivity index is -0.0000000159. The highest BCUT2D eigenvalue weighted by molar-refractivity contribution is 5.75. The van der Waals surface area contributed by atoms with Gasteiger partial charge in [0.2, 0.25) is 0 Å². The minimum absolute atomic E-state index is 0. The van der Waals surface area contributed by atoms with E-state index in [0.717, 1.165) is 0 Å². The van der Waals surface area contributed by atoms with Crippen molar-refractivity contribution in [2.75, 3.05) is 0 Å². The molecule has 0 aliphatic carbocycles. The number of hydrogen-bond donors (Lipinski definition) is 1. The van der Waals surface area contributed by atoms with Crippen molar-refractivity contribution in [3.63, 3.8) is 0 Å². The zero-order chi connectivity index (χ0) is 14.0. The Bertz CT molecular complexity index is 187. The van der Waals surface area contributed by atoms with E-state index in [0.29, 0.717) is 0 Å². The number of rotatable bonds is 0. The highest BCUT2D eigenvalue weighted by Crippen LogP contribution is 2.19. The molecule has 0 saturated heterocycles. The van der Waals surface area contributed by atoms with Crippen molar-refractivity contribution in [1.82, 2.24) is 0 Å². The Morgan fingerprint density at radius 2 is 0.957 bits per heavy atom. The largest absolute Gasteiger partial charge is 0.483 e. The topological polar surface area (TPSA) is 63.6 Å². The highest BCUT2D eigenvalue weighted by atomic mass is 16.6. The molecule has 0 bridgehead atoms. The standard InChI is InChI=1S/C9H18O2.C2H6.CH2O2.7CH4/c1-8(2,3)7(10)11-9(4,5)6;1-2;2-1-3;;;;;;;/h1-6H3;1-2H3;1H,(H,2,3);7*1H4. The predicted octanol–water partition coefficient (Wildman–Crippen LogP) is 7.55. The van der Waals surface area contributed by atoms with Crippen molar-refractivity contribution in [3.8, 4) is 0 Å². The van der Waals surface area contributed by atoms with Crippen molar-refractivity contribution in [2.45, 2.75) is 113 Å². The first kappa shape index (κ1) is 67.5. The van der Waals surface area contributed by atoms with Crippen molar-refractivity contribution >= 4 is 12.4 Å². The lowest BCUT2D eigenvalue weighted by atomic mass is 9.97. The Labute approximate surface area is 151 Å². The summed E-state index contributed by atoms with van der Waals surface area (Å²) >= 11 is 0. The van der Waals surface area contributed by atoms with Gasteiger partial charge in [0.25, 0.3) is 6.47 Å². The molecule has 154 valence electrons. The van der Waals surface area contributed by atoms with Crippen LogP contribution in [0, 0.1) is 5.41 Å². The molecule has 1 N–H and O–H groups in total. The molecule has 0 rings (SSSR count). The van der Waals surface area contributed by atoms with E-state index < -0.39 is 5.41 Å². The summed E-state index contributed by atoms with van der Waals surface area (Å²) in [7, 11) is 0. The minimum Gasteiger partial charge on any atom is -0.483 e. The van der Waals surface area contributed by atoms with Crippen LogP contribution in [0.3, 0.4) is 0 Å². The lowest BCUT2D eigenvalue weighted by Crippen LogP contribution is -2.31. The Morgan fingerprint density at radius 1 is 0.783 bits per heavy atom. The van der Waals surface area contributed by atoms with Crippen LogP contribution in [0.5, 0.6) is 0 Å². The third-order valence-electron chi connectivity index (χ3n) is 1.01. The van der Waals surface area contributed by atoms with Crippen LogP contribution in [0.4, 0.5) is 0 Å². The Morgan fingerprint density at radius 3 is 1.00 bits per heavy atom. The van der Waals surface area contributed by atoms with Gasteiger partial charge in [-0.1, -0.05) is 65.8 Å². The van der Waals surface area contributed by atoms with Gasteiger partial charge in [-0.15, -0.1) is 0 Å². The predicted molar refractivity (Wildman–Crippen MR) is 112 cm³/mol. The molecule has 0 fully saturated rings. The first-order valence-corrected chi connectivity index (χ1v) is 5.36. The number of esters is 1. The van der Waals surface area contributed by atoms with Gasteiger partial charge < -0.3 is 9.84 Å². The summed E-state index contributed by atoms with van der Waals surface area (Å²) in [6.07, 6.45) is 0. The summed E-state index contributed by atoms with van der Waals surface area (Å²) in [4.78, 5) is 19.6. The minimum atomic E-state index is -0.396. The second kappa shape index (κ2) is 32.8. The molecule has 0 aromatic heterocycles. The average molecular weight is 347 g/mol. The smallest absolute Gasteiger partial charge is 0.311 e. The molecule has 0 unspecified atom stereocenters. The van der Waals surface area contributed by atoms with E-state index >= 15 is 0 Å². The van der Waals surface area contributed by atoms with Gasteiger partial charge in [-0.25, -0.2) is 0 Å². The lowest BCUT2D eigenvalue weighted by Gasteiger charge is -2.25. The van der Waals surface area contributed by atoms with E-state index in [1.807, 2.05) is 55.4 Å². The summed E-state index contributed by atoms with van der Waals surface area (Å²) in [6.45, 7) is 14.9. The maximum atomic E-state index is 11.3. The molecule has 0 radical (unpaired) electrons. The van der Waals surface area contributed by atoms with Crippen LogP contribution >= 0.6 is 0 Å². The molecule has 4 heteroatoms. The molecule has 0 amide bonds. The SMILES string of the molecule is C.C.C.C.C.C.C.CC.CC(C)(C)OC(=O)C(C)(C)C.O=CO. The molecule has 4 nitrogen and oxygen atoms in total. The molecule has 0 spiro atoms. The molecule has 0 aromatic rings. The van der Waals surface area contributed by atoms with Crippen LogP contribution in [0.2, 0.25) is 0 Å². The van der Waals surface area contributed by atoms with E-state index in [1.165, 1.54) is 0 Å². The molecule has 0 atom stereocenters. The van der Waals surface area contributed by atoms with Crippen molar-refractivity contribution in [2.24, 2.45) is 5.41 Å². The zero-order valence-electron chi connectivity index (χ0n) is 11.7. The number of carbonyl (C=O) groups excluding carboxylic acids is 1. The highest BCUT2D eigenvalue weighted by Gasteiger charge is 2.27. The van der Waals surface area contributed by atoms with Crippen LogP contribution in [-0.2, 0) is 14.3 Å². The monoisotopic (exact) mass is 346 g/mol. The molecule has 23 heavy (non-hydrogen) atoms. The van der Waals surface area contributed by atoms with Crippen LogP contribution in [0.1, 0.15) is 107 Å². The summed E-state index contributed by atoms with van der Waals surface area (Å²) in [5.74, 6) is -0.148. The van der Waals surface area contributed by atoms with Crippen molar-refractivity contribution in [3.05, 3.63) is 0 Å². The summed E-state index contributed by atoms with van der Waals surface area (Å²) < 4.78 is 5.16.